The van der Waals surface area contributed by atoms with E-state index in [1.165, 1.54) is 5.57 Å². The first-order chi connectivity index (χ1) is 8.55. The zero-order valence-electron chi connectivity index (χ0n) is 13.8. The van der Waals surface area contributed by atoms with Crippen molar-refractivity contribution in [3.8, 4) is 0 Å². The van der Waals surface area contributed by atoms with Crippen LogP contribution < -0.4 is 0 Å². The van der Waals surface area contributed by atoms with Gasteiger partial charge in [0.2, 0.25) is 0 Å². The Morgan fingerprint density at radius 2 is 1.79 bits per heavy atom. The lowest BCUT2D eigenvalue weighted by Gasteiger charge is -2.39. The maximum Gasteiger partial charge on any atom is 0.192 e. The minimum atomic E-state index is -1.79. The molecule has 0 bridgehead atoms. The normalized spacial score (nSPS) is 16.4. The number of allylic oxidation sites excluding steroid dienone is 2. The van der Waals surface area contributed by atoms with E-state index in [9.17, 15) is 4.79 Å². The lowest BCUT2D eigenvalue weighted by molar-refractivity contribution is -0.104. The molecule has 19 heavy (non-hydrogen) atoms. The molecular weight excluding hydrogens is 252 g/mol. The summed E-state index contributed by atoms with van der Waals surface area (Å²) in [4.78, 5) is 10.7. The molecule has 0 heterocycles. The quantitative estimate of drug-likeness (QED) is 0.300. The van der Waals surface area contributed by atoms with Crippen LogP contribution in [-0.4, -0.2) is 20.7 Å². The maximum absolute atomic E-state index is 10.7. The van der Waals surface area contributed by atoms with E-state index in [1.54, 1.807) is 0 Å². The summed E-state index contributed by atoms with van der Waals surface area (Å²) in [6.07, 6.45) is 5.82. The van der Waals surface area contributed by atoms with E-state index in [1.807, 2.05) is 19.9 Å². The zero-order chi connectivity index (χ0) is 15.3. The van der Waals surface area contributed by atoms with Crippen molar-refractivity contribution in [3.63, 3.8) is 0 Å². The molecule has 0 saturated heterocycles. The van der Waals surface area contributed by atoms with Crippen molar-refractivity contribution in [2.24, 2.45) is 0 Å². The predicted octanol–water partition coefficient (Wildman–Crippen LogP) is 4.88. The molecule has 0 aliphatic carbocycles. The molecule has 3 heteroatoms. The van der Waals surface area contributed by atoms with Gasteiger partial charge < -0.3 is 4.43 Å². The molecule has 0 radical (unpaired) electrons. The van der Waals surface area contributed by atoms with Gasteiger partial charge in [0.25, 0.3) is 0 Å². The lowest BCUT2D eigenvalue weighted by atomic mass is 10.1. The van der Waals surface area contributed by atoms with Gasteiger partial charge in [0, 0.05) is 0 Å². The second kappa shape index (κ2) is 7.20. The minimum absolute atomic E-state index is 0.0841. The van der Waals surface area contributed by atoms with Crippen LogP contribution in [0.4, 0.5) is 0 Å². The third-order valence-corrected chi connectivity index (χ3v) is 8.53. The highest BCUT2D eigenvalue weighted by molar-refractivity contribution is 6.74. The van der Waals surface area contributed by atoms with E-state index in [0.29, 0.717) is 0 Å². The fraction of sp³-hybridized carbons (Fsp3) is 0.688. The van der Waals surface area contributed by atoms with Gasteiger partial charge in [-0.15, -0.1) is 0 Å². The molecule has 0 spiro atoms. The minimum Gasteiger partial charge on any atom is -0.410 e. The number of rotatable bonds is 6. The smallest absolute Gasteiger partial charge is 0.192 e. The van der Waals surface area contributed by atoms with Gasteiger partial charge >= 0.3 is 0 Å². The van der Waals surface area contributed by atoms with Gasteiger partial charge in [-0.2, -0.15) is 0 Å². The summed E-state index contributed by atoms with van der Waals surface area (Å²) in [5.74, 6) is 0. The monoisotopic (exact) mass is 282 g/mol. The van der Waals surface area contributed by atoms with Gasteiger partial charge in [0.05, 0.1) is 6.10 Å². The molecule has 0 aliphatic rings. The van der Waals surface area contributed by atoms with Crippen LogP contribution in [0.5, 0.6) is 0 Å². The Labute approximate surface area is 120 Å². The topological polar surface area (TPSA) is 26.3 Å². The molecule has 0 amide bonds. The van der Waals surface area contributed by atoms with Crippen molar-refractivity contribution in [2.45, 2.75) is 72.2 Å². The van der Waals surface area contributed by atoms with Crippen LogP contribution in [0.2, 0.25) is 18.1 Å². The first-order valence-electron chi connectivity index (χ1n) is 6.97. The summed E-state index contributed by atoms with van der Waals surface area (Å²) >= 11 is 0. The molecular formula is C16H30O2Si. The van der Waals surface area contributed by atoms with Crippen molar-refractivity contribution in [3.05, 3.63) is 23.3 Å². The van der Waals surface area contributed by atoms with E-state index >= 15 is 0 Å². The van der Waals surface area contributed by atoms with Crippen LogP contribution in [0.3, 0.4) is 0 Å². The Hall–Kier alpha value is -0.673. The average molecular weight is 282 g/mol. The molecule has 110 valence electrons. The van der Waals surface area contributed by atoms with Crippen molar-refractivity contribution in [1.29, 1.82) is 0 Å². The second-order valence-electron chi connectivity index (χ2n) is 6.70. The average Bonchev–Trinajstić information content (AvgIpc) is 2.31. The van der Waals surface area contributed by atoms with Gasteiger partial charge in [-0.05, 0) is 56.5 Å². The van der Waals surface area contributed by atoms with Gasteiger partial charge in [-0.25, -0.2) is 0 Å². The predicted molar refractivity (Wildman–Crippen MR) is 85.9 cm³/mol. The highest BCUT2D eigenvalue weighted by Gasteiger charge is 2.39. The first-order valence-corrected chi connectivity index (χ1v) is 9.88. The summed E-state index contributed by atoms with van der Waals surface area (Å²) in [5.41, 5.74) is 2.01. The molecule has 0 fully saturated rings. The second-order valence-corrected chi connectivity index (χ2v) is 11.5. The van der Waals surface area contributed by atoms with E-state index in [-0.39, 0.29) is 11.1 Å². The van der Waals surface area contributed by atoms with Crippen molar-refractivity contribution in [2.75, 3.05) is 0 Å². The Balaban J connectivity index is 5.05. The molecule has 2 nitrogen and oxygen atoms in total. The molecule has 0 aromatic heterocycles. The first kappa shape index (κ1) is 18.3. The fourth-order valence-electron chi connectivity index (χ4n) is 1.39. The van der Waals surface area contributed by atoms with Crippen molar-refractivity contribution in [1.82, 2.24) is 0 Å². The SMILES string of the molecule is CC=C(C)C(CC=C(C)C=O)O[Si](C)(C)C(C)(C)C. The van der Waals surface area contributed by atoms with E-state index in [2.05, 4.69) is 46.9 Å². The summed E-state index contributed by atoms with van der Waals surface area (Å²) in [7, 11) is -1.79. The third kappa shape index (κ3) is 5.87. The van der Waals surface area contributed by atoms with Crippen molar-refractivity contribution < 1.29 is 9.22 Å². The Bertz CT molecular complexity index is 359. The van der Waals surface area contributed by atoms with Crippen LogP contribution in [0.25, 0.3) is 0 Å². The Morgan fingerprint density at radius 1 is 1.26 bits per heavy atom. The standard InChI is InChI=1S/C16H30O2Si/c1-9-14(3)15(11-10-13(2)12-17)18-19(7,8)16(4,5)6/h9-10,12,15H,11H2,1-8H3. The third-order valence-electron chi connectivity index (χ3n) is 4.05. The number of aldehydes is 1. The van der Waals surface area contributed by atoms with Gasteiger partial charge in [0.1, 0.15) is 6.29 Å². The maximum atomic E-state index is 10.7. The number of carbonyl (C=O) groups is 1. The lowest BCUT2D eigenvalue weighted by Crippen LogP contribution is -2.44. The molecule has 1 unspecified atom stereocenters. The van der Waals surface area contributed by atoms with Crippen LogP contribution in [0, 0.1) is 0 Å². The van der Waals surface area contributed by atoms with Crippen LogP contribution >= 0.6 is 0 Å². The van der Waals surface area contributed by atoms with Crippen molar-refractivity contribution >= 4 is 14.6 Å². The fourth-order valence-corrected chi connectivity index (χ4v) is 2.73. The van der Waals surface area contributed by atoms with E-state index in [0.717, 1.165) is 18.3 Å². The highest BCUT2D eigenvalue weighted by atomic mass is 28.4. The Morgan fingerprint density at radius 3 is 2.16 bits per heavy atom. The van der Waals surface area contributed by atoms with E-state index in [4.69, 9.17) is 4.43 Å². The Kier molecular flexibility index (Phi) is 6.95. The molecule has 0 saturated carbocycles. The molecule has 0 aromatic rings. The number of hydrogen-bond acceptors (Lipinski definition) is 2. The summed E-state index contributed by atoms with van der Waals surface area (Å²) in [5, 5.41) is 0.197. The number of carbonyl (C=O) groups excluding carboxylic acids is 1. The van der Waals surface area contributed by atoms with E-state index < -0.39 is 8.32 Å². The highest BCUT2D eigenvalue weighted by Crippen LogP contribution is 2.38. The van der Waals surface area contributed by atoms with Gasteiger partial charge in [0.15, 0.2) is 8.32 Å². The molecule has 0 N–H and O–H groups in total. The van der Waals surface area contributed by atoms with Crippen LogP contribution in [-0.2, 0) is 9.22 Å². The molecule has 0 aliphatic heterocycles. The molecule has 0 aromatic carbocycles. The summed E-state index contributed by atoms with van der Waals surface area (Å²) < 4.78 is 6.46. The largest absolute Gasteiger partial charge is 0.410 e. The van der Waals surface area contributed by atoms with Gasteiger partial charge in [-0.3, -0.25) is 4.79 Å². The zero-order valence-corrected chi connectivity index (χ0v) is 14.8. The van der Waals surface area contributed by atoms with Crippen LogP contribution in [0.1, 0.15) is 48.0 Å². The molecule has 1 atom stereocenters. The van der Waals surface area contributed by atoms with Gasteiger partial charge in [-0.1, -0.05) is 32.9 Å². The number of hydrogen-bond donors (Lipinski definition) is 0. The summed E-state index contributed by atoms with van der Waals surface area (Å²) in [6.45, 7) is 17.2. The van der Waals surface area contributed by atoms with Crippen LogP contribution in [0.15, 0.2) is 23.3 Å². The molecule has 0 rings (SSSR count). The summed E-state index contributed by atoms with van der Waals surface area (Å²) in [6, 6.07) is 0.